The van der Waals surface area contributed by atoms with E-state index in [1.54, 1.807) is 12.0 Å². The molecular formula is C25H34N2O4. The van der Waals surface area contributed by atoms with E-state index in [1.807, 2.05) is 68.4 Å². The Morgan fingerprint density at radius 3 is 2.45 bits per heavy atom. The molecule has 0 spiro atoms. The van der Waals surface area contributed by atoms with Gasteiger partial charge in [0.2, 0.25) is 11.8 Å². The van der Waals surface area contributed by atoms with E-state index >= 15 is 0 Å². The highest BCUT2D eigenvalue weighted by atomic mass is 16.5. The number of methoxy groups -OCH3 is 1. The van der Waals surface area contributed by atoms with Gasteiger partial charge in [-0.25, -0.2) is 0 Å². The van der Waals surface area contributed by atoms with E-state index in [-0.39, 0.29) is 11.8 Å². The van der Waals surface area contributed by atoms with Crippen LogP contribution in [0, 0.1) is 0 Å². The standard InChI is InChI=1S/C25H34N2O4/c1-4-16-26-25(29)23(5-2)27(19-20-11-9-14-22(18-20)30-3)24(28)15-10-17-31-21-12-7-6-8-13-21/h6-9,11-14,18,23H,4-5,10,15-17,19H2,1-3H3,(H,26,29)/t23-/m0/s1. The monoisotopic (exact) mass is 426 g/mol. The molecule has 168 valence electrons. The molecule has 2 aromatic carbocycles. The van der Waals surface area contributed by atoms with Gasteiger partial charge in [0, 0.05) is 19.5 Å². The zero-order valence-electron chi connectivity index (χ0n) is 18.8. The summed E-state index contributed by atoms with van der Waals surface area (Å²) in [5.41, 5.74) is 0.926. The van der Waals surface area contributed by atoms with Crippen molar-refractivity contribution in [2.75, 3.05) is 20.3 Å². The van der Waals surface area contributed by atoms with Crippen LogP contribution in [0.1, 0.15) is 45.1 Å². The fraction of sp³-hybridized carbons (Fsp3) is 0.440. The molecule has 0 aliphatic rings. The second-order valence-corrected chi connectivity index (χ2v) is 7.35. The van der Waals surface area contributed by atoms with Gasteiger partial charge in [0.05, 0.1) is 13.7 Å². The first-order chi connectivity index (χ1) is 15.1. The third-order valence-corrected chi connectivity index (χ3v) is 4.97. The molecule has 0 saturated heterocycles. The number of hydrogen-bond acceptors (Lipinski definition) is 4. The van der Waals surface area contributed by atoms with Gasteiger partial charge < -0.3 is 19.7 Å². The van der Waals surface area contributed by atoms with Crippen LogP contribution in [0.15, 0.2) is 54.6 Å². The number of nitrogens with zero attached hydrogens (tertiary/aromatic N) is 1. The average Bonchev–Trinajstić information content (AvgIpc) is 2.81. The predicted octanol–water partition coefficient (Wildman–Crippen LogP) is 4.19. The highest BCUT2D eigenvalue weighted by Gasteiger charge is 2.28. The molecular weight excluding hydrogens is 392 g/mol. The first-order valence-corrected chi connectivity index (χ1v) is 11.0. The molecule has 2 rings (SSSR count). The minimum absolute atomic E-state index is 0.0574. The third kappa shape index (κ3) is 7.96. The summed E-state index contributed by atoms with van der Waals surface area (Å²) in [7, 11) is 1.61. The van der Waals surface area contributed by atoms with Gasteiger partial charge in [0.1, 0.15) is 17.5 Å². The molecule has 0 heterocycles. The fourth-order valence-electron chi connectivity index (χ4n) is 3.33. The van der Waals surface area contributed by atoms with Crippen molar-refractivity contribution in [3.63, 3.8) is 0 Å². The van der Waals surface area contributed by atoms with Crippen LogP contribution in [0.5, 0.6) is 11.5 Å². The normalized spacial score (nSPS) is 11.5. The largest absolute Gasteiger partial charge is 0.497 e. The Balaban J connectivity index is 2.06. The molecule has 0 fully saturated rings. The number of para-hydroxylation sites is 1. The van der Waals surface area contributed by atoms with Crippen LogP contribution in [0.2, 0.25) is 0 Å². The highest BCUT2D eigenvalue weighted by molar-refractivity contribution is 5.87. The number of carbonyl (C=O) groups excluding carboxylic acids is 2. The molecule has 0 aromatic heterocycles. The van der Waals surface area contributed by atoms with Crippen molar-refractivity contribution >= 4 is 11.8 Å². The second kappa shape index (κ2) is 13.3. The molecule has 0 radical (unpaired) electrons. The molecule has 31 heavy (non-hydrogen) atoms. The van der Waals surface area contributed by atoms with Gasteiger partial charge in [-0.05, 0) is 49.1 Å². The van der Waals surface area contributed by atoms with Crippen LogP contribution < -0.4 is 14.8 Å². The molecule has 0 bridgehead atoms. The SMILES string of the molecule is CCCNC(=O)[C@H](CC)N(Cc1cccc(OC)c1)C(=O)CCCOc1ccccc1. The molecule has 1 N–H and O–H groups in total. The lowest BCUT2D eigenvalue weighted by atomic mass is 10.1. The minimum Gasteiger partial charge on any atom is -0.497 e. The van der Waals surface area contributed by atoms with Gasteiger partial charge in [0.25, 0.3) is 0 Å². The number of benzene rings is 2. The summed E-state index contributed by atoms with van der Waals surface area (Å²) in [6.07, 6.45) is 2.29. The highest BCUT2D eigenvalue weighted by Crippen LogP contribution is 2.18. The zero-order valence-corrected chi connectivity index (χ0v) is 18.8. The summed E-state index contributed by atoms with van der Waals surface area (Å²) in [5, 5.41) is 2.93. The maximum absolute atomic E-state index is 13.2. The van der Waals surface area contributed by atoms with Crippen molar-refractivity contribution in [3.8, 4) is 11.5 Å². The first kappa shape index (κ1) is 24.3. The topological polar surface area (TPSA) is 67.9 Å². The van der Waals surface area contributed by atoms with Crippen LogP contribution in [0.3, 0.4) is 0 Å². The number of nitrogens with one attached hydrogen (secondary N) is 1. The van der Waals surface area contributed by atoms with Crippen LogP contribution >= 0.6 is 0 Å². The molecule has 6 heteroatoms. The van der Waals surface area contributed by atoms with Crippen LogP contribution in [0.4, 0.5) is 0 Å². The third-order valence-electron chi connectivity index (χ3n) is 4.97. The summed E-state index contributed by atoms with van der Waals surface area (Å²) in [4.78, 5) is 27.6. The Hall–Kier alpha value is -3.02. The number of hydrogen-bond donors (Lipinski definition) is 1. The average molecular weight is 427 g/mol. The van der Waals surface area contributed by atoms with Crippen molar-refractivity contribution in [2.45, 2.75) is 52.1 Å². The Bertz CT molecular complexity index is 810. The lowest BCUT2D eigenvalue weighted by Crippen LogP contribution is -2.49. The molecule has 0 saturated carbocycles. The van der Waals surface area contributed by atoms with E-state index in [0.717, 1.165) is 23.5 Å². The summed E-state index contributed by atoms with van der Waals surface area (Å²) < 4.78 is 11.0. The van der Waals surface area contributed by atoms with Crippen molar-refractivity contribution in [1.82, 2.24) is 10.2 Å². The lowest BCUT2D eigenvalue weighted by molar-refractivity contribution is -0.141. The molecule has 0 aliphatic heterocycles. The van der Waals surface area contributed by atoms with E-state index in [9.17, 15) is 9.59 Å². The van der Waals surface area contributed by atoms with Gasteiger partial charge in [0.15, 0.2) is 0 Å². The van der Waals surface area contributed by atoms with Gasteiger partial charge in [-0.1, -0.05) is 44.2 Å². The number of ether oxygens (including phenoxy) is 2. The Labute approximate surface area is 185 Å². The van der Waals surface area contributed by atoms with Gasteiger partial charge >= 0.3 is 0 Å². The van der Waals surface area contributed by atoms with Crippen LogP contribution in [-0.4, -0.2) is 43.0 Å². The first-order valence-electron chi connectivity index (χ1n) is 11.0. The summed E-state index contributed by atoms with van der Waals surface area (Å²) in [6, 6.07) is 16.6. The van der Waals surface area contributed by atoms with E-state index < -0.39 is 6.04 Å². The van der Waals surface area contributed by atoms with Crippen LogP contribution in [0.25, 0.3) is 0 Å². The van der Waals surface area contributed by atoms with E-state index in [0.29, 0.717) is 39.0 Å². The van der Waals surface area contributed by atoms with Crippen molar-refractivity contribution in [1.29, 1.82) is 0 Å². The Morgan fingerprint density at radius 1 is 1.03 bits per heavy atom. The second-order valence-electron chi connectivity index (χ2n) is 7.35. The molecule has 0 unspecified atom stereocenters. The predicted molar refractivity (Wildman–Crippen MR) is 122 cm³/mol. The molecule has 2 aromatic rings. The van der Waals surface area contributed by atoms with Crippen molar-refractivity contribution in [2.24, 2.45) is 0 Å². The van der Waals surface area contributed by atoms with E-state index in [4.69, 9.17) is 9.47 Å². The molecule has 0 aliphatic carbocycles. The van der Waals surface area contributed by atoms with Crippen molar-refractivity contribution < 1.29 is 19.1 Å². The summed E-state index contributed by atoms with van der Waals surface area (Å²) >= 11 is 0. The zero-order chi connectivity index (χ0) is 22.5. The number of amides is 2. The maximum atomic E-state index is 13.2. The number of rotatable bonds is 13. The molecule has 2 amide bonds. The fourth-order valence-corrected chi connectivity index (χ4v) is 3.33. The number of carbonyl (C=O) groups is 2. The lowest BCUT2D eigenvalue weighted by Gasteiger charge is -2.31. The van der Waals surface area contributed by atoms with Crippen LogP contribution in [-0.2, 0) is 16.1 Å². The Morgan fingerprint density at radius 2 is 1.77 bits per heavy atom. The van der Waals surface area contributed by atoms with E-state index in [1.165, 1.54) is 0 Å². The quantitative estimate of drug-likeness (QED) is 0.488. The minimum atomic E-state index is -0.514. The maximum Gasteiger partial charge on any atom is 0.242 e. The Kier molecular flexibility index (Phi) is 10.4. The van der Waals surface area contributed by atoms with Crippen molar-refractivity contribution in [3.05, 3.63) is 60.2 Å². The molecule has 6 nitrogen and oxygen atoms in total. The van der Waals surface area contributed by atoms with Gasteiger partial charge in [-0.3, -0.25) is 9.59 Å². The summed E-state index contributed by atoms with van der Waals surface area (Å²) in [5.74, 6) is 1.34. The van der Waals surface area contributed by atoms with Gasteiger partial charge in [-0.15, -0.1) is 0 Å². The smallest absolute Gasteiger partial charge is 0.242 e. The summed E-state index contributed by atoms with van der Waals surface area (Å²) in [6.45, 7) is 5.34. The van der Waals surface area contributed by atoms with E-state index in [2.05, 4.69) is 5.32 Å². The molecule has 1 atom stereocenters. The van der Waals surface area contributed by atoms with Gasteiger partial charge in [-0.2, -0.15) is 0 Å².